The molecule has 0 saturated heterocycles. The Hall–Kier alpha value is -0.560. The second-order valence-corrected chi connectivity index (χ2v) is 2.98. The van der Waals surface area contributed by atoms with Crippen molar-refractivity contribution in [3.8, 4) is 0 Å². The minimum Gasteiger partial charge on any atom is -0.386 e. The van der Waals surface area contributed by atoms with Crippen LogP contribution in [-0.2, 0) is 0 Å². The minimum absolute atomic E-state index is 0.696. The van der Waals surface area contributed by atoms with Crippen LogP contribution in [0.2, 0.25) is 0 Å². The van der Waals surface area contributed by atoms with Crippen LogP contribution in [0.5, 0.6) is 0 Å². The summed E-state index contributed by atoms with van der Waals surface area (Å²) in [5, 5.41) is 9.47. The maximum Gasteiger partial charge on any atom is 0.0800 e. The summed E-state index contributed by atoms with van der Waals surface area (Å²) in [5.41, 5.74) is -0.696. The van der Waals surface area contributed by atoms with Gasteiger partial charge in [-0.15, -0.1) is 6.58 Å². The Morgan fingerprint density at radius 2 is 2.09 bits per heavy atom. The molecule has 1 unspecified atom stereocenters. The van der Waals surface area contributed by atoms with Gasteiger partial charge >= 0.3 is 0 Å². The van der Waals surface area contributed by atoms with Crippen molar-refractivity contribution in [3.63, 3.8) is 0 Å². The van der Waals surface area contributed by atoms with Gasteiger partial charge in [0.25, 0.3) is 0 Å². The fraction of sp³-hybridized carbons (Fsp3) is 0.600. The van der Waals surface area contributed by atoms with Crippen LogP contribution in [0.3, 0.4) is 0 Å². The van der Waals surface area contributed by atoms with Crippen LogP contribution in [0.1, 0.15) is 33.1 Å². The zero-order valence-corrected chi connectivity index (χ0v) is 7.51. The molecular formula is C10H18O. The molecular weight excluding hydrogens is 136 g/mol. The van der Waals surface area contributed by atoms with E-state index in [9.17, 15) is 5.11 Å². The van der Waals surface area contributed by atoms with E-state index in [-0.39, 0.29) is 0 Å². The molecule has 0 bridgehead atoms. The molecule has 0 aromatic carbocycles. The van der Waals surface area contributed by atoms with Crippen molar-refractivity contribution in [1.82, 2.24) is 0 Å². The van der Waals surface area contributed by atoms with Crippen LogP contribution < -0.4 is 0 Å². The van der Waals surface area contributed by atoms with Crippen molar-refractivity contribution in [2.24, 2.45) is 0 Å². The van der Waals surface area contributed by atoms with E-state index >= 15 is 0 Å². The van der Waals surface area contributed by atoms with E-state index in [1.54, 1.807) is 13.0 Å². The molecule has 0 saturated carbocycles. The summed E-state index contributed by atoms with van der Waals surface area (Å²) in [6, 6.07) is 0. The lowest BCUT2D eigenvalue weighted by Crippen LogP contribution is -2.19. The highest BCUT2D eigenvalue weighted by Gasteiger charge is 2.12. The third kappa shape index (κ3) is 5.86. The first-order valence-corrected chi connectivity index (χ1v) is 4.13. The maximum atomic E-state index is 9.47. The summed E-state index contributed by atoms with van der Waals surface area (Å²) in [6.45, 7) is 7.43. The highest BCUT2D eigenvalue weighted by molar-refractivity contribution is 4.94. The maximum absolute atomic E-state index is 9.47. The lowest BCUT2D eigenvalue weighted by atomic mass is 10.0. The lowest BCUT2D eigenvalue weighted by Gasteiger charge is -2.16. The van der Waals surface area contributed by atoms with Gasteiger partial charge < -0.3 is 5.11 Å². The van der Waals surface area contributed by atoms with Gasteiger partial charge in [0, 0.05) is 0 Å². The number of hydrogen-bond acceptors (Lipinski definition) is 1. The smallest absolute Gasteiger partial charge is 0.0800 e. The Labute approximate surface area is 69.4 Å². The average Bonchev–Trinajstić information content (AvgIpc) is 1.99. The molecule has 11 heavy (non-hydrogen) atoms. The Balaban J connectivity index is 3.53. The van der Waals surface area contributed by atoms with Gasteiger partial charge in [0.05, 0.1) is 5.60 Å². The summed E-state index contributed by atoms with van der Waals surface area (Å²) in [5.74, 6) is 0. The fourth-order valence-corrected chi connectivity index (χ4v) is 0.762. The Bertz CT molecular complexity index is 134. The molecule has 0 rings (SSSR count). The van der Waals surface area contributed by atoms with Gasteiger partial charge in [-0.3, -0.25) is 0 Å². The monoisotopic (exact) mass is 154 g/mol. The largest absolute Gasteiger partial charge is 0.386 e. The molecule has 1 N–H and O–H groups in total. The van der Waals surface area contributed by atoms with Gasteiger partial charge in [-0.25, -0.2) is 0 Å². The van der Waals surface area contributed by atoms with Gasteiger partial charge in [0.2, 0.25) is 0 Å². The highest BCUT2D eigenvalue weighted by atomic mass is 16.3. The third-order valence-electron chi connectivity index (χ3n) is 1.66. The predicted molar refractivity (Wildman–Crippen MR) is 49.5 cm³/mol. The summed E-state index contributed by atoms with van der Waals surface area (Å²) < 4.78 is 0. The van der Waals surface area contributed by atoms with Crippen LogP contribution in [0.25, 0.3) is 0 Å². The van der Waals surface area contributed by atoms with E-state index in [1.165, 1.54) is 0 Å². The van der Waals surface area contributed by atoms with E-state index < -0.39 is 5.60 Å². The number of aliphatic hydroxyl groups is 1. The Morgan fingerprint density at radius 1 is 1.45 bits per heavy atom. The van der Waals surface area contributed by atoms with E-state index in [2.05, 4.69) is 25.7 Å². The summed E-state index contributed by atoms with van der Waals surface area (Å²) in [4.78, 5) is 0. The van der Waals surface area contributed by atoms with Gasteiger partial charge in [-0.2, -0.15) is 0 Å². The van der Waals surface area contributed by atoms with Gasteiger partial charge in [-0.1, -0.05) is 25.2 Å². The lowest BCUT2D eigenvalue weighted by molar-refractivity contribution is 0.103. The first-order valence-electron chi connectivity index (χ1n) is 4.13. The summed E-state index contributed by atoms with van der Waals surface area (Å²) in [6.07, 6.45) is 8.54. The van der Waals surface area contributed by atoms with Crippen molar-refractivity contribution in [2.75, 3.05) is 0 Å². The van der Waals surface area contributed by atoms with E-state index in [0.29, 0.717) is 0 Å². The molecule has 0 aromatic heterocycles. The van der Waals surface area contributed by atoms with E-state index in [1.807, 2.05) is 0 Å². The van der Waals surface area contributed by atoms with Crippen LogP contribution in [0.15, 0.2) is 24.8 Å². The first-order chi connectivity index (χ1) is 5.12. The molecule has 0 fully saturated rings. The normalized spacial score (nSPS) is 16.6. The van der Waals surface area contributed by atoms with Gasteiger partial charge in [0.1, 0.15) is 0 Å². The van der Waals surface area contributed by atoms with Crippen molar-refractivity contribution in [1.29, 1.82) is 0 Å². The quantitative estimate of drug-likeness (QED) is 0.604. The van der Waals surface area contributed by atoms with Crippen molar-refractivity contribution in [3.05, 3.63) is 24.8 Å². The van der Waals surface area contributed by atoms with Crippen molar-refractivity contribution >= 4 is 0 Å². The molecule has 0 aromatic rings. The molecule has 0 aliphatic carbocycles. The molecule has 0 spiro atoms. The van der Waals surface area contributed by atoms with Gasteiger partial charge in [-0.05, 0) is 26.2 Å². The average molecular weight is 154 g/mol. The standard InChI is InChI=1S/C10H18O/c1-4-6-7-8-9-10(3,11)5-2/h5-7,11H,2,4,8-9H2,1,3H3. The predicted octanol–water partition coefficient (Wildman–Crippen LogP) is 2.67. The van der Waals surface area contributed by atoms with Crippen molar-refractivity contribution in [2.45, 2.75) is 38.7 Å². The van der Waals surface area contributed by atoms with Crippen LogP contribution in [0.4, 0.5) is 0 Å². The van der Waals surface area contributed by atoms with Crippen LogP contribution >= 0.6 is 0 Å². The van der Waals surface area contributed by atoms with E-state index in [4.69, 9.17) is 0 Å². The van der Waals surface area contributed by atoms with Gasteiger partial charge in [0.15, 0.2) is 0 Å². The molecule has 1 heteroatoms. The molecule has 1 atom stereocenters. The summed E-state index contributed by atoms with van der Waals surface area (Å²) in [7, 11) is 0. The molecule has 0 aliphatic rings. The topological polar surface area (TPSA) is 20.2 Å². The first kappa shape index (κ1) is 10.4. The number of allylic oxidation sites excluding steroid dienone is 2. The second kappa shape index (κ2) is 5.14. The molecule has 0 aliphatic heterocycles. The zero-order chi connectivity index (χ0) is 8.74. The Morgan fingerprint density at radius 3 is 2.55 bits per heavy atom. The third-order valence-corrected chi connectivity index (χ3v) is 1.66. The zero-order valence-electron chi connectivity index (χ0n) is 7.51. The second-order valence-electron chi connectivity index (χ2n) is 2.98. The van der Waals surface area contributed by atoms with Crippen LogP contribution in [-0.4, -0.2) is 10.7 Å². The molecule has 1 nitrogen and oxygen atoms in total. The molecule has 0 heterocycles. The number of rotatable bonds is 5. The minimum atomic E-state index is -0.696. The van der Waals surface area contributed by atoms with Crippen LogP contribution in [0, 0.1) is 0 Å². The molecule has 0 amide bonds. The van der Waals surface area contributed by atoms with E-state index in [0.717, 1.165) is 19.3 Å². The Kier molecular flexibility index (Phi) is 4.88. The fourth-order valence-electron chi connectivity index (χ4n) is 0.762. The number of hydrogen-bond donors (Lipinski definition) is 1. The SMILES string of the molecule is C=CC(C)(O)CCC=CCC. The molecule has 0 radical (unpaired) electrons. The molecule has 64 valence electrons. The summed E-state index contributed by atoms with van der Waals surface area (Å²) >= 11 is 0. The van der Waals surface area contributed by atoms with Crippen molar-refractivity contribution < 1.29 is 5.11 Å². The highest BCUT2D eigenvalue weighted by Crippen LogP contribution is 2.12.